The van der Waals surface area contributed by atoms with Gasteiger partial charge in [-0.25, -0.2) is 9.59 Å². The van der Waals surface area contributed by atoms with E-state index in [0.29, 0.717) is 11.3 Å². The van der Waals surface area contributed by atoms with Gasteiger partial charge in [-0.15, -0.1) is 0 Å². The number of nitrogens with zero attached hydrogens (tertiary/aromatic N) is 2. The first kappa shape index (κ1) is 20.5. The summed E-state index contributed by atoms with van der Waals surface area (Å²) in [5, 5.41) is 0. The zero-order chi connectivity index (χ0) is 19.2. The molecule has 1 aromatic rings. The number of amides is 2. The normalized spacial score (nSPS) is 12.1. The van der Waals surface area contributed by atoms with Crippen LogP contribution in [0.2, 0.25) is 0 Å². The van der Waals surface area contributed by atoms with E-state index in [1.807, 2.05) is 0 Å². The SMILES string of the molecule is CN(C)C(=O)Oc1ccccc1C(CC=O)N(C)C(=O)OC(C)(C)C. The Bertz CT molecular complexity index is 622. The van der Waals surface area contributed by atoms with Gasteiger partial charge in [0.15, 0.2) is 0 Å². The minimum Gasteiger partial charge on any atom is -0.444 e. The Labute approximate surface area is 148 Å². The van der Waals surface area contributed by atoms with Crippen molar-refractivity contribution in [3.8, 4) is 5.75 Å². The lowest BCUT2D eigenvalue weighted by Gasteiger charge is -2.31. The molecule has 0 heterocycles. The Morgan fingerprint density at radius 1 is 1.12 bits per heavy atom. The minimum atomic E-state index is -0.659. The number of aldehydes is 1. The van der Waals surface area contributed by atoms with Gasteiger partial charge in [-0.05, 0) is 26.8 Å². The lowest BCUT2D eigenvalue weighted by Crippen LogP contribution is -2.37. The van der Waals surface area contributed by atoms with E-state index in [-0.39, 0.29) is 6.42 Å². The molecule has 1 aromatic carbocycles. The third kappa shape index (κ3) is 6.10. The quantitative estimate of drug-likeness (QED) is 0.762. The van der Waals surface area contributed by atoms with Gasteiger partial charge in [-0.3, -0.25) is 0 Å². The largest absolute Gasteiger partial charge is 0.444 e. The number of para-hydroxylation sites is 1. The van der Waals surface area contributed by atoms with Crippen molar-refractivity contribution in [2.75, 3.05) is 21.1 Å². The first-order valence-corrected chi connectivity index (χ1v) is 7.94. The zero-order valence-electron chi connectivity index (χ0n) is 15.6. The van der Waals surface area contributed by atoms with Crippen LogP contribution in [0.15, 0.2) is 24.3 Å². The fourth-order valence-electron chi connectivity index (χ4n) is 2.08. The Morgan fingerprint density at radius 3 is 2.24 bits per heavy atom. The van der Waals surface area contributed by atoms with Crippen molar-refractivity contribution in [1.82, 2.24) is 9.80 Å². The molecule has 7 heteroatoms. The van der Waals surface area contributed by atoms with E-state index in [1.54, 1.807) is 66.2 Å². The Balaban J connectivity index is 3.16. The second-order valence-electron chi connectivity index (χ2n) is 6.81. The van der Waals surface area contributed by atoms with Crippen LogP contribution in [-0.4, -0.2) is 55.0 Å². The molecule has 25 heavy (non-hydrogen) atoms. The smallest absolute Gasteiger partial charge is 0.414 e. The molecular formula is C18H26N2O5. The summed E-state index contributed by atoms with van der Waals surface area (Å²) in [6, 6.07) is 6.19. The van der Waals surface area contributed by atoms with Crippen LogP contribution < -0.4 is 4.74 Å². The minimum absolute atomic E-state index is 0.0479. The maximum absolute atomic E-state index is 12.4. The molecule has 0 radical (unpaired) electrons. The highest BCUT2D eigenvalue weighted by atomic mass is 16.6. The van der Waals surface area contributed by atoms with Crippen molar-refractivity contribution >= 4 is 18.5 Å². The summed E-state index contributed by atoms with van der Waals surface area (Å²) in [5.74, 6) is 0.295. The van der Waals surface area contributed by atoms with Crippen LogP contribution in [0, 0.1) is 0 Å². The predicted molar refractivity (Wildman–Crippen MR) is 93.6 cm³/mol. The van der Waals surface area contributed by atoms with Gasteiger partial charge in [0.2, 0.25) is 0 Å². The summed E-state index contributed by atoms with van der Waals surface area (Å²) in [4.78, 5) is 38.0. The van der Waals surface area contributed by atoms with Crippen LogP contribution in [0.3, 0.4) is 0 Å². The third-order valence-corrected chi connectivity index (χ3v) is 3.31. The fraction of sp³-hybridized carbons (Fsp3) is 0.500. The van der Waals surface area contributed by atoms with Crippen molar-refractivity contribution in [3.63, 3.8) is 0 Å². The van der Waals surface area contributed by atoms with Gasteiger partial charge in [-0.1, -0.05) is 18.2 Å². The van der Waals surface area contributed by atoms with Gasteiger partial charge in [0.05, 0.1) is 6.04 Å². The van der Waals surface area contributed by atoms with E-state index in [9.17, 15) is 14.4 Å². The number of ether oxygens (including phenoxy) is 2. The predicted octanol–water partition coefficient (Wildman–Crippen LogP) is 3.24. The summed E-state index contributed by atoms with van der Waals surface area (Å²) >= 11 is 0. The van der Waals surface area contributed by atoms with E-state index in [4.69, 9.17) is 9.47 Å². The Kier molecular flexibility index (Phi) is 6.97. The van der Waals surface area contributed by atoms with Crippen molar-refractivity contribution in [1.29, 1.82) is 0 Å². The van der Waals surface area contributed by atoms with Crippen molar-refractivity contribution in [3.05, 3.63) is 29.8 Å². The lowest BCUT2D eigenvalue weighted by molar-refractivity contribution is -0.108. The molecule has 0 aliphatic heterocycles. The Morgan fingerprint density at radius 2 is 1.72 bits per heavy atom. The zero-order valence-corrected chi connectivity index (χ0v) is 15.6. The molecule has 2 amide bonds. The average Bonchev–Trinajstić information content (AvgIpc) is 2.51. The maximum atomic E-state index is 12.4. The van der Waals surface area contributed by atoms with Crippen LogP contribution in [0.4, 0.5) is 9.59 Å². The molecule has 1 unspecified atom stereocenters. The molecule has 138 valence electrons. The molecule has 0 saturated heterocycles. The monoisotopic (exact) mass is 350 g/mol. The third-order valence-electron chi connectivity index (χ3n) is 3.31. The van der Waals surface area contributed by atoms with Gasteiger partial charge in [0.25, 0.3) is 0 Å². The summed E-state index contributed by atoms with van der Waals surface area (Å²) in [6.45, 7) is 5.29. The molecule has 0 bridgehead atoms. The summed E-state index contributed by atoms with van der Waals surface area (Å²) in [7, 11) is 4.69. The average molecular weight is 350 g/mol. The van der Waals surface area contributed by atoms with Crippen molar-refractivity contribution < 1.29 is 23.9 Å². The molecule has 0 fully saturated rings. The van der Waals surface area contributed by atoms with Crippen LogP contribution in [-0.2, 0) is 9.53 Å². The standard InChI is InChI=1S/C18H26N2O5/c1-18(2,3)25-17(23)20(6)14(11-12-21)13-9-7-8-10-15(13)24-16(22)19(4)5/h7-10,12,14H,11H2,1-6H3. The second-order valence-corrected chi connectivity index (χ2v) is 6.81. The van der Waals surface area contributed by atoms with Gasteiger partial charge >= 0.3 is 12.2 Å². The molecule has 0 aliphatic carbocycles. The molecule has 0 aromatic heterocycles. The molecule has 0 spiro atoms. The number of hydrogen-bond acceptors (Lipinski definition) is 5. The lowest BCUT2D eigenvalue weighted by atomic mass is 10.0. The summed E-state index contributed by atoms with van der Waals surface area (Å²) < 4.78 is 10.7. The molecule has 7 nitrogen and oxygen atoms in total. The number of rotatable bonds is 5. The van der Waals surface area contributed by atoms with Crippen LogP contribution in [0.5, 0.6) is 5.75 Å². The molecular weight excluding hydrogens is 324 g/mol. The van der Waals surface area contributed by atoms with Gasteiger partial charge in [-0.2, -0.15) is 0 Å². The van der Waals surface area contributed by atoms with Crippen molar-refractivity contribution in [2.24, 2.45) is 0 Å². The van der Waals surface area contributed by atoms with Crippen LogP contribution >= 0.6 is 0 Å². The highest BCUT2D eigenvalue weighted by Gasteiger charge is 2.28. The van der Waals surface area contributed by atoms with Crippen molar-refractivity contribution in [2.45, 2.75) is 38.8 Å². The first-order chi connectivity index (χ1) is 11.6. The van der Waals surface area contributed by atoms with E-state index in [2.05, 4.69) is 0 Å². The molecule has 0 aliphatic rings. The number of hydrogen-bond donors (Lipinski definition) is 0. The van der Waals surface area contributed by atoms with Crippen LogP contribution in [0.1, 0.15) is 38.8 Å². The highest BCUT2D eigenvalue weighted by Crippen LogP contribution is 2.32. The molecule has 1 atom stereocenters. The number of carbonyl (C=O) groups is 3. The maximum Gasteiger partial charge on any atom is 0.414 e. The topological polar surface area (TPSA) is 76.2 Å². The Hall–Kier alpha value is -2.57. The fourth-order valence-corrected chi connectivity index (χ4v) is 2.08. The van der Waals surface area contributed by atoms with Gasteiger partial charge < -0.3 is 24.1 Å². The molecule has 1 rings (SSSR count). The van der Waals surface area contributed by atoms with E-state index < -0.39 is 23.8 Å². The van der Waals surface area contributed by atoms with E-state index >= 15 is 0 Å². The first-order valence-electron chi connectivity index (χ1n) is 7.94. The number of benzene rings is 1. The summed E-state index contributed by atoms with van der Waals surface area (Å²) in [6.07, 6.45) is -0.340. The second kappa shape index (κ2) is 8.50. The van der Waals surface area contributed by atoms with Gasteiger partial charge in [0, 0.05) is 33.1 Å². The van der Waals surface area contributed by atoms with E-state index in [1.165, 1.54) is 9.80 Å². The molecule has 0 N–H and O–H groups in total. The van der Waals surface area contributed by atoms with E-state index in [0.717, 1.165) is 6.29 Å². The highest BCUT2D eigenvalue weighted by molar-refractivity contribution is 5.72. The summed E-state index contributed by atoms with van der Waals surface area (Å²) in [5.41, 5.74) is -0.105. The van der Waals surface area contributed by atoms with Gasteiger partial charge in [0.1, 0.15) is 17.6 Å². The van der Waals surface area contributed by atoms with Crippen LogP contribution in [0.25, 0.3) is 0 Å². The molecule has 0 saturated carbocycles. The number of carbonyl (C=O) groups excluding carboxylic acids is 3.